The lowest BCUT2D eigenvalue weighted by Crippen LogP contribution is -2.31. The Bertz CT molecular complexity index is 548. The molecule has 0 N–H and O–H groups in total. The lowest BCUT2D eigenvalue weighted by atomic mass is 9.64. The van der Waals surface area contributed by atoms with Gasteiger partial charge >= 0.3 is 0 Å². The summed E-state index contributed by atoms with van der Waals surface area (Å²) in [6.45, 7) is 6.88. The molecule has 4 unspecified atom stereocenters. The molecule has 0 amide bonds. The standard InChI is InChI=1S/C22H30/c1-4-8-21-20(18-12-10-17(3)11-13-18)16-19-9-6-7-15-22(19,21)14-5-2/h6-7,9-13,15,19-21H,4-5,8,14,16H2,1-3H3. The minimum atomic E-state index is 0.412. The molecule has 0 heterocycles. The average molecular weight is 294 g/mol. The summed E-state index contributed by atoms with van der Waals surface area (Å²) >= 11 is 0. The molecule has 0 spiro atoms. The number of fused-ring (bicyclic) bond motifs is 1. The van der Waals surface area contributed by atoms with E-state index in [1.807, 2.05) is 0 Å². The zero-order valence-corrected chi connectivity index (χ0v) is 14.4. The summed E-state index contributed by atoms with van der Waals surface area (Å²) in [4.78, 5) is 0. The molecule has 0 saturated heterocycles. The van der Waals surface area contributed by atoms with Crippen LogP contribution in [-0.4, -0.2) is 0 Å². The summed E-state index contributed by atoms with van der Waals surface area (Å²) in [5, 5.41) is 0. The van der Waals surface area contributed by atoms with Crippen LogP contribution in [-0.2, 0) is 0 Å². The Labute approximate surface area is 136 Å². The van der Waals surface area contributed by atoms with Gasteiger partial charge in [-0.3, -0.25) is 0 Å². The summed E-state index contributed by atoms with van der Waals surface area (Å²) in [5.41, 5.74) is 3.35. The summed E-state index contributed by atoms with van der Waals surface area (Å²) in [5.74, 6) is 2.26. The molecule has 22 heavy (non-hydrogen) atoms. The molecular weight excluding hydrogens is 264 g/mol. The third-order valence-electron chi connectivity index (χ3n) is 6.02. The van der Waals surface area contributed by atoms with Crippen molar-refractivity contribution in [1.82, 2.24) is 0 Å². The Morgan fingerprint density at radius 2 is 1.82 bits per heavy atom. The molecule has 4 atom stereocenters. The van der Waals surface area contributed by atoms with Crippen molar-refractivity contribution in [2.75, 3.05) is 0 Å². The summed E-state index contributed by atoms with van der Waals surface area (Å²) in [6.07, 6.45) is 16.2. The molecule has 0 heteroatoms. The van der Waals surface area contributed by atoms with Crippen LogP contribution in [0.1, 0.15) is 63.0 Å². The van der Waals surface area contributed by atoms with Crippen LogP contribution in [0.2, 0.25) is 0 Å². The molecule has 0 radical (unpaired) electrons. The van der Waals surface area contributed by atoms with Crippen molar-refractivity contribution in [2.45, 2.75) is 58.8 Å². The van der Waals surface area contributed by atoms with Crippen LogP contribution in [0, 0.1) is 24.2 Å². The minimum absolute atomic E-state index is 0.412. The highest BCUT2D eigenvalue weighted by molar-refractivity contribution is 5.33. The molecule has 2 aliphatic carbocycles. The number of benzene rings is 1. The first kappa shape index (κ1) is 15.6. The Hall–Kier alpha value is -1.30. The Morgan fingerprint density at radius 3 is 2.50 bits per heavy atom. The summed E-state index contributed by atoms with van der Waals surface area (Å²) in [6, 6.07) is 9.34. The van der Waals surface area contributed by atoms with Crippen molar-refractivity contribution in [1.29, 1.82) is 0 Å². The van der Waals surface area contributed by atoms with Gasteiger partial charge in [0.1, 0.15) is 0 Å². The van der Waals surface area contributed by atoms with Gasteiger partial charge in [0.2, 0.25) is 0 Å². The fraction of sp³-hybridized carbons (Fsp3) is 0.545. The van der Waals surface area contributed by atoms with Gasteiger partial charge in [-0.15, -0.1) is 0 Å². The number of rotatable bonds is 5. The minimum Gasteiger partial charge on any atom is -0.0805 e. The Kier molecular flexibility index (Phi) is 4.57. The lowest BCUT2D eigenvalue weighted by Gasteiger charge is -2.39. The zero-order chi connectivity index (χ0) is 15.6. The van der Waals surface area contributed by atoms with E-state index >= 15 is 0 Å². The molecule has 1 aromatic rings. The fourth-order valence-electron chi connectivity index (χ4n) is 5.09. The first-order valence-corrected chi connectivity index (χ1v) is 9.14. The van der Waals surface area contributed by atoms with E-state index in [1.54, 1.807) is 5.56 Å². The molecule has 0 aromatic heterocycles. The van der Waals surface area contributed by atoms with Crippen LogP contribution in [0.15, 0.2) is 48.6 Å². The van der Waals surface area contributed by atoms with Gasteiger partial charge < -0.3 is 0 Å². The molecule has 0 nitrogen and oxygen atoms in total. The number of hydrogen-bond acceptors (Lipinski definition) is 0. The maximum Gasteiger partial charge on any atom is -0.00181 e. The van der Waals surface area contributed by atoms with Crippen molar-refractivity contribution < 1.29 is 0 Å². The number of hydrogen-bond donors (Lipinski definition) is 0. The van der Waals surface area contributed by atoms with Gasteiger partial charge in [-0.05, 0) is 54.9 Å². The van der Waals surface area contributed by atoms with E-state index in [4.69, 9.17) is 0 Å². The normalized spacial score (nSPS) is 33.1. The predicted octanol–water partition coefficient (Wildman–Crippen LogP) is 6.43. The third-order valence-corrected chi connectivity index (χ3v) is 6.02. The van der Waals surface area contributed by atoms with Gasteiger partial charge in [-0.25, -0.2) is 0 Å². The monoisotopic (exact) mass is 294 g/mol. The van der Waals surface area contributed by atoms with Gasteiger partial charge in [0, 0.05) is 0 Å². The van der Waals surface area contributed by atoms with E-state index in [2.05, 4.69) is 69.3 Å². The maximum absolute atomic E-state index is 2.57. The molecule has 118 valence electrons. The highest BCUT2D eigenvalue weighted by atomic mass is 14.6. The van der Waals surface area contributed by atoms with Crippen LogP contribution in [0.3, 0.4) is 0 Å². The van der Waals surface area contributed by atoms with Crippen molar-refractivity contribution >= 4 is 0 Å². The van der Waals surface area contributed by atoms with Gasteiger partial charge in [-0.2, -0.15) is 0 Å². The first-order chi connectivity index (χ1) is 10.7. The molecule has 0 aliphatic heterocycles. The van der Waals surface area contributed by atoms with Crippen LogP contribution >= 0.6 is 0 Å². The first-order valence-electron chi connectivity index (χ1n) is 9.14. The molecule has 1 saturated carbocycles. The molecule has 1 aromatic carbocycles. The van der Waals surface area contributed by atoms with Gasteiger partial charge in [0.25, 0.3) is 0 Å². The molecular formula is C22H30. The Morgan fingerprint density at radius 1 is 1.05 bits per heavy atom. The lowest BCUT2D eigenvalue weighted by molar-refractivity contribution is 0.188. The molecule has 3 rings (SSSR count). The largest absolute Gasteiger partial charge is 0.0805 e. The van der Waals surface area contributed by atoms with Crippen molar-refractivity contribution in [3.63, 3.8) is 0 Å². The van der Waals surface area contributed by atoms with E-state index in [-0.39, 0.29) is 0 Å². The highest BCUT2D eigenvalue weighted by Crippen LogP contribution is 2.61. The van der Waals surface area contributed by atoms with Crippen LogP contribution in [0.25, 0.3) is 0 Å². The predicted molar refractivity (Wildman–Crippen MR) is 96.0 cm³/mol. The van der Waals surface area contributed by atoms with Crippen LogP contribution in [0.4, 0.5) is 0 Å². The SMILES string of the molecule is CCCC1C(c2ccc(C)cc2)CC2C=CC=CC21CCC. The summed E-state index contributed by atoms with van der Waals surface area (Å²) < 4.78 is 0. The van der Waals surface area contributed by atoms with E-state index in [0.29, 0.717) is 5.41 Å². The second-order valence-corrected chi connectivity index (χ2v) is 7.36. The average Bonchev–Trinajstić information content (AvgIpc) is 2.84. The highest BCUT2D eigenvalue weighted by Gasteiger charge is 2.51. The molecule has 2 aliphatic rings. The number of aryl methyl sites for hydroxylation is 1. The van der Waals surface area contributed by atoms with E-state index in [1.165, 1.54) is 37.7 Å². The molecule has 1 fully saturated rings. The van der Waals surface area contributed by atoms with Crippen molar-refractivity contribution in [2.24, 2.45) is 17.3 Å². The van der Waals surface area contributed by atoms with Gasteiger partial charge in [0.15, 0.2) is 0 Å². The van der Waals surface area contributed by atoms with E-state index in [0.717, 1.165) is 17.8 Å². The van der Waals surface area contributed by atoms with E-state index in [9.17, 15) is 0 Å². The second kappa shape index (κ2) is 6.44. The second-order valence-electron chi connectivity index (χ2n) is 7.36. The maximum atomic E-state index is 2.57. The van der Waals surface area contributed by atoms with Gasteiger partial charge in [-0.1, -0.05) is 80.8 Å². The van der Waals surface area contributed by atoms with Gasteiger partial charge in [0.05, 0.1) is 0 Å². The number of allylic oxidation sites excluding steroid dienone is 4. The quantitative estimate of drug-likeness (QED) is 0.587. The van der Waals surface area contributed by atoms with E-state index < -0.39 is 0 Å². The summed E-state index contributed by atoms with van der Waals surface area (Å²) in [7, 11) is 0. The topological polar surface area (TPSA) is 0 Å². The third kappa shape index (κ3) is 2.57. The van der Waals surface area contributed by atoms with Crippen LogP contribution < -0.4 is 0 Å². The zero-order valence-electron chi connectivity index (χ0n) is 14.4. The fourth-order valence-corrected chi connectivity index (χ4v) is 5.09. The Balaban J connectivity index is 1.99. The molecule has 0 bridgehead atoms. The van der Waals surface area contributed by atoms with Crippen LogP contribution in [0.5, 0.6) is 0 Å². The van der Waals surface area contributed by atoms with Crippen molar-refractivity contribution in [3.8, 4) is 0 Å². The van der Waals surface area contributed by atoms with Crippen molar-refractivity contribution in [3.05, 3.63) is 59.7 Å². The smallest absolute Gasteiger partial charge is 0.00181 e.